The summed E-state index contributed by atoms with van der Waals surface area (Å²) in [5.74, 6) is 0. The van der Waals surface area contributed by atoms with Crippen molar-refractivity contribution in [2.75, 3.05) is 6.26 Å². The van der Waals surface area contributed by atoms with E-state index in [0.717, 1.165) is 4.34 Å². The minimum absolute atomic E-state index is 0.139. The number of thioether (sulfide) groups is 1. The Balaban J connectivity index is 2.73. The number of non-ortho nitro benzene ring substituents is 1. The van der Waals surface area contributed by atoms with Gasteiger partial charge in [-0.3, -0.25) is 10.1 Å². The highest BCUT2D eigenvalue weighted by atomic mass is 32.2. The molecule has 0 aliphatic carbocycles. The molecule has 0 amide bonds. The molecule has 0 unspecified atom stereocenters. The Kier molecular flexibility index (Phi) is 2.39. The molecule has 0 fully saturated rings. The fraction of sp³-hybridized carbons (Fsp3) is 0.125. The van der Waals surface area contributed by atoms with Crippen molar-refractivity contribution >= 4 is 39.0 Å². The van der Waals surface area contributed by atoms with E-state index < -0.39 is 0 Å². The van der Waals surface area contributed by atoms with Gasteiger partial charge < -0.3 is 0 Å². The highest BCUT2D eigenvalue weighted by Crippen LogP contribution is 2.34. The summed E-state index contributed by atoms with van der Waals surface area (Å²) in [6.07, 6.45) is 1.91. The molecule has 1 aromatic carbocycles. The van der Waals surface area contributed by atoms with Gasteiger partial charge in [0, 0.05) is 6.07 Å². The quantitative estimate of drug-likeness (QED) is 0.449. The third-order valence-electron chi connectivity index (χ3n) is 1.75. The Hall–Kier alpha value is -1.14. The predicted octanol–water partition coefficient (Wildman–Crippen LogP) is 2.93. The summed E-state index contributed by atoms with van der Waals surface area (Å²) in [4.78, 5) is 14.6. The van der Waals surface area contributed by atoms with Crippen molar-refractivity contribution in [2.24, 2.45) is 0 Å². The first kappa shape index (κ1) is 9.42. The van der Waals surface area contributed by atoms with E-state index in [1.807, 2.05) is 6.26 Å². The number of thiazole rings is 1. The topological polar surface area (TPSA) is 56.0 Å². The average Bonchev–Trinajstić information content (AvgIpc) is 2.59. The number of rotatable bonds is 2. The highest BCUT2D eigenvalue weighted by Gasteiger charge is 2.14. The van der Waals surface area contributed by atoms with E-state index in [-0.39, 0.29) is 10.6 Å². The molecule has 72 valence electrons. The van der Waals surface area contributed by atoms with Crippen molar-refractivity contribution < 1.29 is 4.92 Å². The molecule has 0 aliphatic rings. The van der Waals surface area contributed by atoms with Gasteiger partial charge in [0.25, 0.3) is 5.69 Å². The lowest BCUT2D eigenvalue weighted by Gasteiger charge is -1.89. The molecule has 6 heteroatoms. The molecule has 0 atom stereocenters. The van der Waals surface area contributed by atoms with Crippen LogP contribution in [-0.2, 0) is 0 Å². The smallest absolute Gasteiger partial charge is 0.258 e. The van der Waals surface area contributed by atoms with Crippen molar-refractivity contribution in [1.82, 2.24) is 4.98 Å². The minimum Gasteiger partial charge on any atom is -0.258 e. The SMILES string of the molecule is CSc1nc2cccc([N+](=O)[O-])c2s1. The first-order valence-corrected chi connectivity index (χ1v) is 5.84. The molecule has 0 saturated carbocycles. The van der Waals surface area contributed by atoms with Crippen LogP contribution < -0.4 is 0 Å². The van der Waals surface area contributed by atoms with Crippen LogP contribution in [0, 0.1) is 10.1 Å². The van der Waals surface area contributed by atoms with Gasteiger partial charge in [0.2, 0.25) is 0 Å². The molecule has 0 radical (unpaired) electrons. The van der Waals surface area contributed by atoms with E-state index in [9.17, 15) is 10.1 Å². The van der Waals surface area contributed by atoms with Crippen molar-refractivity contribution in [2.45, 2.75) is 4.34 Å². The lowest BCUT2D eigenvalue weighted by molar-refractivity contribution is -0.382. The van der Waals surface area contributed by atoms with E-state index >= 15 is 0 Å². The van der Waals surface area contributed by atoms with Gasteiger partial charge in [-0.1, -0.05) is 17.8 Å². The third kappa shape index (κ3) is 1.46. The highest BCUT2D eigenvalue weighted by molar-refractivity contribution is 8.00. The lowest BCUT2D eigenvalue weighted by atomic mass is 10.3. The second-order valence-corrected chi connectivity index (χ2v) is 4.62. The summed E-state index contributed by atoms with van der Waals surface area (Å²) in [7, 11) is 0. The van der Waals surface area contributed by atoms with Crippen molar-refractivity contribution in [3.63, 3.8) is 0 Å². The summed E-state index contributed by atoms with van der Waals surface area (Å²) in [5, 5.41) is 10.7. The maximum Gasteiger partial charge on any atom is 0.288 e. The first-order chi connectivity index (χ1) is 6.72. The van der Waals surface area contributed by atoms with Crippen LogP contribution in [0.25, 0.3) is 10.2 Å². The Bertz CT molecular complexity index is 495. The van der Waals surface area contributed by atoms with Crippen LogP contribution in [0.5, 0.6) is 0 Å². The number of nitro groups is 1. The number of benzene rings is 1. The molecule has 0 aliphatic heterocycles. The molecule has 2 rings (SSSR count). The van der Waals surface area contributed by atoms with Gasteiger partial charge >= 0.3 is 0 Å². The normalized spacial score (nSPS) is 10.6. The lowest BCUT2D eigenvalue weighted by Crippen LogP contribution is -1.86. The molecule has 0 spiro atoms. The molecule has 14 heavy (non-hydrogen) atoms. The minimum atomic E-state index is -0.370. The molecule has 1 aromatic heterocycles. The molecular weight excluding hydrogens is 220 g/mol. The van der Waals surface area contributed by atoms with Gasteiger partial charge in [-0.15, -0.1) is 11.3 Å². The van der Waals surface area contributed by atoms with Gasteiger partial charge in [0.15, 0.2) is 4.34 Å². The monoisotopic (exact) mass is 226 g/mol. The van der Waals surface area contributed by atoms with E-state index in [1.54, 1.807) is 12.1 Å². The zero-order valence-electron chi connectivity index (χ0n) is 7.26. The number of aromatic nitrogens is 1. The number of nitrogens with zero attached hydrogens (tertiary/aromatic N) is 2. The summed E-state index contributed by atoms with van der Waals surface area (Å²) in [6, 6.07) is 4.95. The number of fused-ring (bicyclic) bond motifs is 1. The second kappa shape index (κ2) is 3.55. The van der Waals surface area contributed by atoms with Crippen LogP contribution in [0.15, 0.2) is 22.5 Å². The predicted molar refractivity (Wildman–Crippen MR) is 58.1 cm³/mol. The van der Waals surface area contributed by atoms with Crippen molar-refractivity contribution in [1.29, 1.82) is 0 Å². The summed E-state index contributed by atoms with van der Waals surface area (Å²) in [6.45, 7) is 0. The van der Waals surface area contributed by atoms with Crippen molar-refractivity contribution in [3.8, 4) is 0 Å². The average molecular weight is 226 g/mol. The van der Waals surface area contributed by atoms with Crippen LogP contribution in [0.4, 0.5) is 5.69 Å². The molecule has 0 N–H and O–H groups in total. The number of hydrogen-bond acceptors (Lipinski definition) is 5. The number of nitro benzene ring substituents is 1. The van der Waals surface area contributed by atoms with Crippen LogP contribution in [0.1, 0.15) is 0 Å². The summed E-state index contributed by atoms with van der Waals surface area (Å²) < 4.78 is 1.51. The van der Waals surface area contributed by atoms with Gasteiger partial charge in [-0.05, 0) is 12.3 Å². The van der Waals surface area contributed by atoms with E-state index in [1.165, 1.54) is 29.2 Å². The molecule has 0 bridgehead atoms. The molecular formula is C8H6N2O2S2. The van der Waals surface area contributed by atoms with Crippen LogP contribution >= 0.6 is 23.1 Å². The summed E-state index contributed by atoms with van der Waals surface area (Å²) in [5.41, 5.74) is 0.842. The zero-order valence-corrected chi connectivity index (χ0v) is 8.89. The standard InChI is InChI=1S/C8H6N2O2S2/c1-13-8-9-5-3-2-4-6(10(11)12)7(5)14-8/h2-4H,1H3. The fourth-order valence-corrected chi connectivity index (χ4v) is 2.70. The Labute approximate surface area is 88.1 Å². The summed E-state index contributed by atoms with van der Waals surface area (Å²) >= 11 is 2.86. The molecule has 0 saturated heterocycles. The largest absolute Gasteiger partial charge is 0.288 e. The first-order valence-electron chi connectivity index (χ1n) is 3.80. The third-order valence-corrected chi connectivity index (χ3v) is 3.82. The maximum absolute atomic E-state index is 10.7. The van der Waals surface area contributed by atoms with Gasteiger partial charge in [0.1, 0.15) is 4.70 Å². The molecule has 2 aromatic rings. The van der Waals surface area contributed by atoms with Gasteiger partial charge in [0.05, 0.1) is 10.4 Å². The van der Waals surface area contributed by atoms with Gasteiger partial charge in [-0.2, -0.15) is 0 Å². The van der Waals surface area contributed by atoms with Gasteiger partial charge in [-0.25, -0.2) is 4.98 Å². The fourth-order valence-electron chi connectivity index (χ4n) is 1.15. The maximum atomic E-state index is 10.7. The van der Waals surface area contributed by atoms with E-state index in [4.69, 9.17) is 0 Å². The Morgan fingerprint density at radius 2 is 2.36 bits per heavy atom. The van der Waals surface area contributed by atoms with Crippen LogP contribution in [-0.4, -0.2) is 16.2 Å². The Morgan fingerprint density at radius 1 is 1.57 bits per heavy atom. The molecule has 1 heterocycles. The molecule has 4 nitrogen and oxygen atoms in total. The van der Waals surface area contributed by atoms with Crippen LogP contribution in [0.3, 0.4) is 0 Å². The zero-order chi connectivity index (χ0) is 10.1. The number of hydrogen-bond donors (Lipinski definition) is 0. The van der Waals surface area contributed by atoms with E-state index in [0.29, 0.717) is 10.2 Å². The second-order valence-electron chi connectivity index (χ2n) is 2.57. The van der Waals surface area contributed by atoms with E-state index in [2.05, 4.69) is 4.98 Å². The van der Waals surface area contributed by atoms with Crippen LogP contribution in [0.2, 0.25) is 0 Å². The van der Waals surface area contributed by atoms with Crippen molar-refractivity contribution in [3.05, 3.63) is 28.3 Å². The Morgan fingerprint density at radius 3 is 3.00 bits per heavy atom.